The van der Waals surface area contributed by atoms with Crippen LogP contribution in [-0.2, 0) is 21.4 Å². The third kappa shape index (κ3) is 5.34. The number of hydrogen-bond donors (Lipinski definition) is 2. The van der Waals surface area contributed by atoms with Crippen LogP contribution in [0.1, 0.15) is 12.5 Å². The Morgan fingerprint density at radius 3 is 2.07 bits per heavy atom. The van der Waals surface area contributed by atoms with E-state index in [-0.39, 0.29) is 10.8 Å². The van der Waals surface area contributed by atoms with E-state index in [1.165, 1.54) is 31.2 Å². The van der Waals surface area contributed by atoms with Gasteiger partial charge in [0.2, 0.25) is 5.91 Å². The van der Waals surface area contributed by atoms with Crippen molar-refractivity contribution in [3.8, 4) is 5.75 Å². The van der Waals surface area contributed by atoms with Crippen LogP contribution < -0.4 is 14.8 Å². The summed E-state index contributed by atoms with van der Waals surface area (Å²) in [6.45, 7) is 1.83. The van der Waals surface area contributed by atoms with Crippen LogP contribution in [0, 0.1) is 0 Å². The molecule has 0 radical (unpaired) electrons. The van der Waals surface area contributed by atoms with Gasteiger partial charge >= 0.3 is 0 Å². The smallest absolute Gasteiger partial charge is 0.261 e. The molecule has 6 nitrogen and oxygen atoms in total. The lowest BCUT2D eigenvalue weighted by Gasteiger charge is -2.10. The van der Waals surface area contributed by atoms with E-state index in [2.05, 4.69) is 10.0 Å². The Kier molecular flexibility index (Phi) is 5.96. The molecule has 0 aromatic heterocycles. The largest absolute Gasteiger partial charge is 0.489 e. The zero-order valence-electron chi connectivity index (χ0n) is 15.3. The molecule has 0 atom stereocenters. The summed E-state index contributed by atoms with van der Waals surface area (Å²) in [4.78, 5) is 11.1. The third-order valence-corrected chi connectivity index (χ3v) is 5.24. The van der Waals surface area contributed by atoms with Crippen molar-refractivity contribution in [3.63, 3.8) is 0 Å². The van der Waals surface area contributed by atoms with E-state index in [1.807, 2.05) is 30.3 Å². The van der Waals surface area contributed by atoms with E-state index >= 15 is 0 Å². The molecule has 0 spiro atoms. The van der Waals surface area contributed by atoms with Crippen molar-refractivity contribution in [2.75, 3.05) is 10.0 Å². The van der Waals surface area contributed by atoms with Gasteiger partial charge in [-0.1, -0.05) is 30.3 Å². The minimum Gasteiger partial charge on any atom is -0.489 e. The van der Waals surface area contributed by atoms with E-state index < -0.39 is 10.0 Å². The van der Waals surface area contributed by atoms with Crippen molar-refractivity contribution in [1.29, 1.82) is 0 Å². The second kappa shape index (κ2) is 8.58. The number of amides is 1. The molecule has 0 aliphatic heterocycles. The monoisotopic (exact) mass is 396 g/mol. The van der Waals surface area contributed by atoms with Crippen LogP contribution in [0.3, 0.4) is 0 Å². The van der Waals surface area contributed by atoms with Crippen LogP contribution in [0.4, 0.5) is 11.4 Å². The zero-order valence-corrected chi connectivity index (χ0v) is 16.1. The molecule has 0 aliphatic carbocycles. The number of sulfonamides is 1. The van der Waals surface area contributed by atoms with Crippen LogP contribution in [-0.4, -0.2) is 14.3 Å². The van der Waals surface area contributed by atoms with Gasteiger partial charge in [-0.3, -0.25) is 9.52 Å². The fraction of sp³-hybridized carbons (Fsp3) is 0.0952. The Morgan fingerprint density at radius 2 is 1.46 bits per heavy atom. The van der Waals surface area contributed by atoms with Crippen molar-refractivity contribution in [3.05, 3.63) is 84.4 Å². The first kappa shape index (κ1) is 19.4. The molecule has 0 fully saturated rings. The first-order valence-corrected chi connectivity index (χ1v) is 10.1. The second-order valence-electron chi connectivity index (χ2n) is 6.11. The van der Waals surface area contributed by atoms with Gasteiger partial charge in [-0.25, -0.2) is 8.42 Å². The lowest BCUT2D eigenvalue weighted by Crippen LogP contribution is -2.13. The summed E-state index contributed by atoms with van der Waals surface area (Å²) in [5, 5.41) is 2.60. The average molecular weight is 396 g/mol. The predicted octanol–water partition coefficient (Wildman–Crippen LogP) is 4.02. The highest BCUT2D eigenvalue weighted by molar-refractivity contribution is 7.92. The third-order valence-electron chi connectivity index (χ3n) is 3.84. The Bertz CT molecular complexity index is 1030. The number of carbonyl (C=O) groups is 1. The summed E-state index contributed by atoms with van der Waals surface area (Å²) in [6.07, 6.45) is 0. The fourth-order valence-corrected chi connectivity index (χ4v) is 3.55. The standard InChI is InChI=1S/C21H20N2O4S/c1-16(24)22-18-9-13-21(14-10-18)28(25,26)23-19-7-11-20(12-8-19)27-15-17-5-3-2-4-6-17/h2-14,23H,15H2,1H3,(H,22,24). The predicted molar refractivity (Wildman–Crippen MR) is 109 cm³/mol. The van der Waals surface area contributed by atoms with E-state index in [1.54, 1.807) is 24.3 Å². The average Bonchev–Trinajstić information content (AvgIpc) is 2.68. The van der Waals surface area contributed by atoms with Gasteiger partial charge in [0.05, 0.1) is 4.90 Å². The number of anilines is 2. The SMILES string of the molecule is CC(=O)Nc1ccc(S(=O)(=O)Nc2ccc(OCc3ccccc3)cc2)cc1. The van der Waals surface area contributed by atoms with E-state index in [4.69, 9.17) is 4.74 Å². The molecule has 2 N–H and O–H groups in total. The van der Waals surface area contributed by atoms with Crippen molar-refractivity contribution >= 4 is 27.3 Å². The van der Waals surface area contributed by atoms with Gasteiger partial charge in [0.1, 0.15) is 12.4 Å². The molecule has 7 heteroatoms. The van der Waals surface area contributed by atoms with Crippen LogP contribution in [0.15, 0.2) is 83.8 Å². The Labute approximate surface area is 164 Å². The summed E-state index contributed by atoms with van der Waals surface area (Å²) in [5.41, 5.74) is 2.01. The molecule has 0 heterocycles. The number of ether oxygens (including phenoxy) is 1. The number of rotatable bonds is 7. The van der Waals surface area contributed by atoms with Gasteiger partial charge in [-0.15, -0.1) is 0 Å². The van der Waals surface area contributed by atoms with Crippen molar-refractivity contribution in [2.24, 2.45) is 0 Å². The molecular formula is C21H20N2O4S. The molecule has 0 saturated heterocycles. The molecule has 144 valence electrons. The van der Waals surface area contributed by atoms with Gasteiger partial charge in [0, 0.05) is 18.3 Å². The van der Waals surface area contributed by atoms with Crippen LogP contribution >= 0.6 is 0 Å². The quantitative estimate of drug-likeness (QED) is 0.632. The molecule has 0 unspecified atom stereocenters. The minimum absolute atomic E-state index is 0.103. The first-order valence-electron chi connectivity index (χ1n) is 8.60. The Morgan fingerprint density at radius 1 is 0.857 bits per heavy atom. The lowest BCUT2D eigenvalue weighted by molar-refractivity contribution is -0.114. The highest BCUT2D eigenvalue weighted by Crippen LogP contribution is 2.21. The molecule has 3 aromatic rings. The zero-order chi connectivity index (χ0) is 20.0. The molecule has 3 aromatic carbocycles. The normalized spacial score (nSPS) is 10.9. The molecule has 0 aliphatic rings. The molecule has 1 amide bonds. The van der Waals surface area contributed by atoms with Gasteiger partial charge < -0.3 is 10.1 Å². The topological polar surface area (TPSA) is 84.5 Å². The summed E-state index contributed by atoms with van der Waals surface area (Å²) >= 11 is 0. The summed E-state index contributed by atoms with van der Waals surface area (Å²) in [5.74, 6) is 0.426. The minimum atomic E-state index is -3.73. The van der Waals surface area contributed by atoms with Crippen LogP contribution in [0.5, 0.6) is 5.75 Å². The van der Waals surface area contributed by atoms with Gasteiger partial charge in [0.25, 0.3) is 10.0 Å². The number of hydrogen-bond acceptors (Lipinski definition) is 4. The van der Waals surface area contributed by atoms with Crippen molar-refractivity contribution < 1.29 is 17.9 Å². The Balaban J connectivity index is 1.63. The first-order chi connectivity index (χ1) is 13.4. The fourth-order valence-electron chi connectivity index (χ4n) is 2.49. The van der Waals surface area contributed by atoms with E-state index in [0.717, 1.165) is 5.56 Å². The van der Waals surface area contributed by atoms with E-state index in [9.17, 15) is 13.2 Å². The molecule has 0 bridgehead atoms. The number of benzene rings is 3. The van der Waals surface area contributed by atoms with Crippen molar-refractivity contribution in [2.45, 2.75) is 18.4 Å². The molecular weight excluding hydrogens is 376 g/mol. The van der Waals surface area contributed by atoms with Crippen LogP contribution in [0.25, 0.3) is 0 Å². The van der Waals surface area contributed by atoms with Crippen LogP contribution in [0.2, 0.25) is 0 Å². The molecule has 0 saturated carbocycles. The maximum absolute atomic E-state index is 12.5. The lowest BCUT2D eigenvalue weighted by atomic mass is 10.2. The number of nitrogens with one attached hydrogen (secondary N) is 2. The summed E-state index contributed by atoms with van der Waals surface area (Å²) in [7, 11) is -3.73. The van der Waals surface area contributed by atoms with Crippen molar-refractivity contribution in [1.82, 2.24) is 0 Å². The Hall–Kier alpha value is -3.32. The highest BCUT2D eigenvalue weighted by Gasteiger charge is 2.14. The number of carbonyl (C=O) groups excluding carboxylic acids is 1. The molecule has 28 heavy (non-hydrogen) atoms. The second-order valence-corrected chi connectivity index (χ2v) is 7.79. The van der Waals surface area contributed by atoms with E-state index in [0.29, 0.717) is 23.7 Å². The maximum atomic E-state index is 12.5. The van der Waals surface area contributed by atoms with Gasteiger partial charge in [-0.05, 0) is 54.1 Å². The highest BCUT2D eigenvalue weighted by atomic mass is 32.2. The van der Waals surface area contributed by atoms with Gasteiger partial charge in [-0.2, -0.15) is 0 Å². The van der Waals surface area contributed by atoms with Gasteiger partial charge in [0.15, 0.2) is 0 Å². The maximum Gasteiger partial charge on any atom is 0.261 e. The summed E-state index contributed by atoms with van der Waals surface area (Å²) < 4.78 is 33.2. The summed E-state index contributed by atoms with van der Waals surface area (Å²) in [6, 6.07) is 22.4. The molecule has 3 rings (SSSR count).